The highest BCUT2D eigenvalue weighted by Gasteiger charge is 2.37. The first-order chi connectivity index (χ1) is 7.84. The zero-order chi connectivity index (χ0) is 13.2. The molecule has 6 nitrogen and oxygen atoms in total. The van der Waals surface area contributed by atoms with E-state index in [1.54, 1.807) is 13.8 Å². The van der Waals surface area contributed by atoms with Crippen molar-refractivity contribution in [3.63, 3.8) is 0 Å². The third kappa shape index (κ3) is 2.89. The Morgan fingerprint density at radius 1 is 1.35 bits per heavy atom. The molecule has 0 saturated carbocycles. The molecule has 0 radical (unpaired) electrons. The first kappa shape index (κ1) is 13.3. The number of hydrogen-bond acceptors (Lipinski definition) is 4. The summed E-state index contributed by atoms with van der Waals surface area (Å²) in [7, 11) is 0. The summed E-state index contributed by atoms with van der Waals surface area (Å²) >= 11 is 0. The highest BCUT2D eigenvalue weighted by molar-refractivity contribution is 6.05. The molecule has 1 heterocycles. The predicted molar refractivity (Wildman–Crippen MR) is 58.5 cm³/mol. The molecule has 1 fully saturated rings. The number of imide groups is 2. The summed E-state index contributed by atoms with van der Waals surface area (Å²) in [4.78, 5) is 46.9. The lowest BCUT2D eigenvalue weighted by atomic mass is 10.0. The lowest BCUT2D eigenvalue weighted by Gasteiger charge is -2.31. The third-order valence-electron chi connectivity index (χ3n) is 2.59. The van der Waals surface area contributed by atoms with Crippen molar-refractivity contribution in [3.05, 3.63) is 0 Å². The van der Waals surface area contributed by atoms with Gasteiger partial charge in [-0.2, -0.15) is 0 Å². The van der Waals surface area contributed by atoms with Crippen LogP contribution >= 0.6 is 0 Å². The number of piperidine rings is 1. The Kier molecular flexibility index (Phi) is 3.98. The van der Waals surface area contributed by atoms with Crippen molar-refractivity contribution in [1.82, 2.24) is 10.2 Å². The van der Waals surface area contributed by atoms with Crippen molar-refractivity contribution < 1.29 is 19.2 Å². The van der Waals surface area contributed by atoms with Crippen molar-refractivity contribution >= 4 is 23.6 Å². The number of carbonyl (C=O) groups is 4. The van der Waals surface area contributed by atoms with Crippen molar-refractivity contribution in [3.8, 4) is 0 Å². The summed E-state index contributed by atoms with van der Waals surface area (Å²) in [6, 6.07) is -0.861. The van der Waals surface area contributed by atoms with Crippen LogP contribution in [-0.4, -0.2) is 34.6 Å². The Balaban J connectivity index is 2.92. The summed E-state index contributed by atoms with van der Waals surface area (Å²) in [5.41, 5.74) is 0. The SMILES string of the molecule is CC(=O)N(C(=O)C(C)C)C1CCC(=O)NC1=O. The normalized spacial score (nSPS) is 20.1. The van der Waals surface area contributed by atoms with Crippen LogP contribution in [0.15, 0.2) is 0 Å². The van der Waals surface area contributed by atoms with Crippen LogP contribution in [0.5, 0.6) is 0 Å². The predicted octanol–water partition coefficient (Wildman–Crippen LogP) is -0.177. The monoisotopic (exact) mass is 240 g/mol. The third-order valence-corrected chi connectivity index (χ3v) is 2.59. The zero-order valence-corrected chi connectivity index (χ0v) is 10.1. The molecule has 0 aromatic heterocycles. The van der Waals surface area contributed by atoms with Crippen molar-refractivity contribution in [2.75, 3.05) is 0 Å². The molecule has 94 valence electrons. The maximum absolute atomic E-state index is 11.9. The Hall–Kier alpha value is -1.72. The van der Waals surface area contributed by atoms with E-state index in [4.69, 9.17) is 0 Å². The standard InChI is InChI=1S/C11H16N2O4/c1-6(2)11(17)13(7(3)14)8-4-5-9(15)12-10(8)16/h6,8H,4-5H2,1-3H3,(H,12,15,16). The average Bonchev–Trinajstić information content (AvgIpc) is 2.20. The highest BCUT2D eigenvalue weighted by Crippen LogP contribution is 2.15. The van der Waals surface area contributed by atoms with E-state index in [9.17, 15) is 19.2 Å². The van der Waals surface area contributed by atoms with Gasteiger partial charge in [0.05, 0.1) is 0 Å². The molecule has 1 N–H and O–H groups in total. The Labute approximate surface area is 99.3 Å². The molecule has 0 bridgehead atoms. The van der Waals surface area contributed by atoms with Crippen LogP contribution in [0.3, 0.4) is 0 Å². The van der Waals surface area contributed by atoms with Crippen LogP contribution in [0.2, 0.25) is 0 Å². The van der Waals surface area contributed by atoms with E-state index in [1.807, 2.05) is 0 Å². The minimum atomic E-state index is -0.861. The van der Waals surface area contributed by atoms with Crippen LogP contribution in [0.4, 0.5) is 0 Å². The topological polar surface area (TPSA) is 83.6 Å². The van der Waals surface area contributed by atoms with Crippen LogP contribution in [-0.2, 0) is 19.2 Å². The van der Waals surface area contributed by atoms with Gasteiger partial charge in [-0.25, -0.2) is 0 Å². The molecule has 1 saturated heterocycles. The molecule has 1 aliphatic rings. The summed E-state index contributed by atoms with van der Waals surface area (Å²) in [6.07, 6.45) is 0.342. The van der Waals surface area contributed by atoms with Gasteiger partial charge in [-0.3, -0.25) is 29.4 Å². The first-order valence-corrected chi connectivity index (χ1v) is 5.52. The van der Waals surface area contributed by atoms with E-state index in [1.165, 1.54) is 6.92 Å². The van der Waals surface area contributed by atoms with Crippen LogP contribution < -0.4 is 5.32 Å². The molecule has 6 heteroatoms. The molecular formula is C11H16N2O4. The highest BCUT2D eigenvalue weighted by atomic mass is 16.2. The van der Waals surface area contributed by atoms with Gasteiger partial charge in [0.15, 0.2) is 0 Å². The Morgan fingerprint density at radius 2 is 1.94 bits per heavy atom. The molecule has 1 atom stereocenters. The molecule has 0 aromatic rings. The number of carbonyl (C=O) groups excluding carboxylic acids is 4. The van der Waals surface area contributed by atoms with E-state index in [2.05, 4.69) is 5.32 Å². The van der Waals surface area contributed by atoms with Crippen molar-refractivity contribution in [2.24, 2.45) is 5.92 Å². The number of rotatable bonds is 2. The molecule has 0 spiro atoms. The maximum Gasteiger partial charge on any atom is 0.249 e. The molecule has 17 heavy (non-hydrogen) atoms. The quantitative estimate of drug-likeness (QED) is 0.679. The number of hydrogen-bond donors (Lipinski definition) is 1. The summed E-state index contributed by atoms with van der Waals surface area (Å²) in [5, 5.41) is 2.13. The van der Waals surface area contributed by atoms with Gasteiger partial charge in [0.25, 0.3) is 0 Å². The number of nitrogens with one attached hydrogen (secondary N) is 1. The maximum atomic E-state index is 11.9. The molecular weight excluding hydrogens is 224 g/mol. The first-order valence-electron chi connectivity index (χ1n) is 5.52. The van der Waals surface area contributed by atoms with E-state index >= 15 is 0 Å². The zero-order valence-electron chi connectivity index (χ0n) is 10.1. The lowest BCUT2D eigenvalue weighted by Crippen LogP contribution is -2.56. The van der Waals surface area contributed by atoms with E-state index in [0.717, 1.165) is 4.90 Å². The second-order valence-electron chi connectivity index (χ2n) is 4.35. The number of nitrogens with zero attached hydrogens (tertiary/aromatic N) is 1. The van der Waals surface area contributed by atoms with E-state index in [-0.39, 0.29) is 24.7 Å². The average molecular weight is 240 g/mol. The van der Waals surface area contributed by atoms with Crippen molar-refractivity contribution in [2.45, 2.75) is 39.7 Å². The van der Waals surface area contributed by atoms with Gasteiger partial charge in [0.1, 0.15) is 6.04 Å². The summed E-state index contributed by atoms with van der Waals surface area (Å²) < 4.78 is 0. The van der Waals surface area contributed by atoms with Crippen LogP contribution in [0.1, 0.15) is 33.6 Å². The van der Waals surface area contributed by atoms with Gasteiger partial charge in [-0.15, -0.1) is 0 Å². The second-order valence-corrected chi connectivity index (χ2v) is 4.35. The fraction of sp³-hybridized carbons (Fsp3) is 0.636. The summed E-state index contributed by atoms with van der Waals surface area (Å²) in [5.74, 6) is -2.19. The van der Waals surface area contributed by atoms with Gasteiger partial charge < -0.3 is 0 Å². The molecule has 4 amide bonds. The van der Waals surface area contributed by atoms with Gasteiger partial charge in [-0.1, -0.05) is 13.8 Å². The number of amides is 4. The fourth-order valence-electron chi connectivity index (χ4n) is 1.73. The summed E-state index contributed by atoms with van der Waals surface area (Å²) in [6.45, 7) is 4.55. The molecule has 1 aliphatic heterocycles. The minimum Gasteiger partial charge on any atom is -0.295 e. The molecule has 1 rings (SSSR count). The van der Waals surface area contributed by atoms with Crippen molar-refractivity contribution in [1.29, 1.82) is 0 Å². The van der Waals surface area contributed by atoms with Gasteiger partial charge in [0, 0.05) is 19.3 Å². The van der Waals surface area contributed by atoms with E-state index < -0.39 is 23.8 Å². The lowest BCUT2D eigenvalue weighted by molar-refractivity contribution is -0.155. The fourth-order valence-corrected chi connectivity index (χ4v) is 1.73. The molecule has 0 aliphatic carbocycles. The Bertz CT molecular complexity index is 376. The van der Waals surface area contributed by atoms with Crippen LogP contribution in [0, 0.1) is 5.92 Å². The molecule has 0 aromatic carbocycles. The Morgan fingerprint density at radius 3 is 2.35 bits per heavy atom. The smallest absolute Gasteiger partial charge is 0.249 e. The minimum absolute atomic E-state index is 0.144. The van der Waals surface area contributed by atoms with Gasteiger partial charge >= 0.3 is 0 Å². The van der Waals surface area contributed by atoms with E-state index in [0.29, 0.717) is 0 Å². The largest absolute Gasteiger partial charge is 0.295 e. The van der Waals surface area contributed by atoms with Gasteiger partial charge in [0.2, 0.25) is 23.6 Å². The molecule has 1 unspecified atom stereocenters. The van der Waals surface area contributed by atoms with Crippen LogP contribution in [0.25, 0.3) is 0 Å². The van der Waals surface area contributed by atoms with Gasteiger partial charge in [-0.05, 0) is 6.42 Å². The second kappa shape index (κ2) is 5.07.